The third kappa shape index (κ3) is 2.52. The summed E-state index contributed by atoms with van der Waals surface area (Å²) in [6.07, 6.45) is 0.312. The fraction of sp³-hybridized carbons (Fsp3) is 0.300. The number of phenols is 1. The summed E-state index contributed by atoms with van der Waals surface area (Å²) < 4.78 is 25.5. The first-order valence-corrected chi connectivity index (χ1v) is 4.17. The molecule has 14 heavy (non-hydrogen) atoms. The minimum atomic E-state index is -0.997. The lowest BCUT2D eigenvalue weighted by molar-refractivity contribution is -0.116. The minimum Gasteiger partial charge on any atom is -0.505 e. The summed E-state index contributed by atoms with van der Waals surface area (Å²) in [5.74, 6) is -2.41. The van der Waals surface area contributed by atoms with Crippen molar-refractivity contribution in [1.29, 1.82) is 0 Å². The van der Waals surface area contributed by atoms with Crippen molar-refractivity contribution in [3.63, 3.8) is 0 Å². The maximum absolute atomic E-state index is 12.8. The molecule has 1 aromatic carbocycles. The predicted octanol–water partition coefficient (Wildman–Crippen LogP) is 2.19. The summed E-state index contributed by atoms with van der Waals surface area (Å²) in [4.78, 5) is 10.6. The van der Waals surface area contributed by atoms with Crippen molar-refractivity contribution in [2.45, 2.75) is 19.8 Å². The number of aromatic hydroxyl groups is 1. The quantitative estimate of drug-likeness (QED) is 0.812. The molecule has 0 heterocycles. The van der Waals surface area contributed by atoms with Crippen LogP contribution in [0.3, 0.4) is 0 Å². The molecule has 0 saturated heterocycles. The summed E-state index contributed by atoms with van der Waals surface area (Å²) in [6, 6.07) is 1.63. The third-order valence-electron chi connectivity index (χ3n) is 1.85. The Labute approximate surface area is 80.2 Å². The molecular formula is C10H10F2O2. The molecule has 0 aliphatic carbocycles. The zero-order valence-electron chi connectivity index (χ0n) is 7.68. The second kappa shape index (κ2) is 4.17. The highest BCUT2D eigenvalue weighted by Crippen LogP contribution is 2.23. The van der Waals surface area contributed by atoms with Crippen LogP contribution in [0.2, 0.25) is 0 Å². The SMILES string of the molecule is CC(=O)CCc1cc(F)cc(F)c1O. The number of aryl methyl sites for hydroxylation is 1. The van der Waals surface area contributed by atoms with E-state index in [0.717, 1.165) is 6.07 Å². The minimum absolute atomic E-state index is 0.0888. The van der Waals surface area contributed by atoms with Crippen LogP contribution in [-0.4, -0.2) is 10.9 Å². The van der Waals surface area contributed by atoms with Crippen LogP contribution in [0.1, 0.15) is 18.9 Å². The molecule has 0 aliphatic heterocycles. The van der Waals surface area contributed by atoms with Crippen LogP contribution in [0.15, 0.2) is 12.1 Å². The van der Waals surface area contributed by atoms with Gasteiger partial charge in [0.05, 0.1) is 0 Å². The van der Waals surface area contributed by atoms with Gasteiger partial charge in [-0.1, -0.05) is 0 Å². The molecule has 0 saturated carbocycles. The Morgan fingerprint density at radius 3 is 2.64 bits per heavy atom. The topological polar surface area (TPSA) is 37.3 Å². The van der Waals surface area contributed by atoms with Crippen molar-refractivity contribution in [2.24, 2.45) is 0 Å². The van der Waals surface area contributed by atoms with Crippen LogP contribution >= 0.6 is 0 Å². The maximum atomic E-state index is 12.8. The summed E-state index contributed by atoms with van der Waals surface area (Å²) in [5, 5.41) is 9.18. The number of phenolic OH excluding ortho intramolecular Hbond substituents is 1. The van der Waals surface area contributed by atoms with E-state index in [-0.39, 0.29) is 24.2 Å². The fourth-order valence-corrected chi connectivity index (χ4v) is 1.12. The molecule has 0 aromatic heterocycles. The van der Waals surface area contributed by atoms with Gasteiger partial charge in [0.1, 0.15) is 11.6 Å². The maximum Gasteiger partial charge on any atom is 0.168 e. The highest BCUT2D eigenvalue weighted by molar-refractivity contribution is 5.75. The highest BCUT2D eigenvalue weighted by atomic mass is 19.1. The van der Waals surface area contributed by atoms with Gasteiger partial charge < -0.3 is 9.90 Å². The van der Waals surface area contributed by atoms with Gasteiger partial charge in [0.25, 0.3) is 0 Å². The van der Waals surface area contributed by atoms with Crippen molar-refractivity contribution < 1.29 is 18.7 Å². The van der Waals surface area contributed by atoms with E-state index in [1.165, 1.54) is 6.92 Å². The van der Waals surface area contributed by atoms with Crippen LogP contribution in [0.4, 0.5) is 8.78 Å². The molecule has 0 radical (unpaired) electrons. The number of carbonyl (C=O) groups excluding carboxylic acids is 1. The predicted molar refractivity (Wildman–Crippen MR) is 47.0 cm³/mol. The standard InChI is InChI=1S/C10H10F2O2/c1-6(13)2-3-7-4-8(11)5-9(12)10(7)14/h4-5,14H,2-3H2,1H3. The summed E-state index contributed by atoms with van der Waals surface area (Å²) in [7, 11) is 0. The van der Waals surface area contributed by atoms with E-state index in [2.05, 4.69) is 0 Å². The van der Waals surface area contributed by atoms with Gasteiger partial charge in [0.15, 0.2) is 11.6 Å². The van der Waals surface area contributed by atoms with E-state index >= 15 is 0 Å². The van der Waals surface area contributed by atoms with Gasteiger partial charge >= 0.3 is 0 Å². The van der Waals surface area contributed by atoms with E-state index in [4.69, 9.17) is 0 Å². The van der Waals surface area contributed by atoms with Gasteiger partial charge in [0, 0.05) is 18.1 Å². The number of halogens is 2. The molecule has 76 valence electrons. The Morgan fingerprint density at radius 2 is 2.07 bits per heavy atom. The molecule has 0 spiro atoms. The van der Waals surface area contributed by atoms with Gasteiger partial charge in [-0.05, 0) is 19.4 Å². The van der Waals surface area contributed by atoms with Gasteiger partial charge in [-0.3, -0.25) is 0 Å². The Balaban J connectivity index is 2.90. The van der Waals surface area contributed by atoms with Crippen LogP contribution in [0.25, 0.3) is 0 Å². The number of ketones is 1. The lowest BCUT2D eigenvalue weighted by atomic mass is 10.1. The zero-order chi connectivity index (χ0) is 10.7. The first-order valence-electron chi connectivity index (χ1n) is 4.17. The first kappa shape index (κ1) is 10.6. The Kier molecular flexibility index (Phi) is 3.17. The summed E-state index contributed by atoms with van der Waals surface area (Å²) >= 11 is 0. The van der Waals surface area contributed by atoms with Crippen LogP contribution < -0.4 is 0 Å². The highest BCUT2D eigenvalue weighted by Gasteiger charge is 2.10. The summed E-state index contributed by atoms with van der Waals surface area (Å²) in [6.45, 7) is 1.38. The van der Waals surface area contributed by atoms with Crippen LogP contribution in [0.5, 0.6) is 5.75 Å². The van der Waals surface area contributed by atoms with Gasteiger partial charge in [0.2, 0.25) is 0 Å². The fourth-order valence-electron chi connectivity index (χ4n) is 1.12. The van der Waals surface area contributed by atoms with Crippen molar-refractivity contribution in [3.8, 4) is 5.75 Å². The Morgan fingerprint density at radius 1 is 1.43 bits per heavy atom. The smallest absolute Gasteiger partial charge is 0.168 e. The number of hydrogen-bond donors (Lipinski definition) is 1. The van der Waals surface area contributed by atoms with E-state index in [9.17, 15) is 18.7 Å². The van der Waals surface area contributed by atoms with Crippen LogP contribution in [-0.2, 0) is 11.2 Å². The van der Waals surface area contributed by atoms with E-state index in [0.29, 0.717) is 6.07 Å². The molecule has 0 fully saturated rings. The molecule has 4 heteroatoms. The lowest BCUT2D eigenvalue weighted by Gasteiger charge is -2.04. The molecule has 0 aliphatic rings. The van der Waals surface area contributed by atoms with Crippen molar-refractivity contribution in [1.82, 2.24) is 0 Å². The Hall–Kier alpha value is -1.45. The largest absolute Gasteiger partial charge is 0.505 e. The van der Waals surface area contributed by atoms with Gasteiger partial charge in [-0.15, -0.1) is 0 Å². The number of rotatable bonds is 3. The van der Waals surface area contributed by atoms with Crippen molar-refractivity contribution in [2.75, 3.05) is 0 Å². The number of Topliss-reactive ketones (excluding diaryl/α,β-unsaturated/α-hetero) is 1. The molecule has 1 N–H and O–H groups in total. The zero-order valence-corrected chi connectivity index (χ0v) is 7.68. The second-order valence-corrected chi connectivity index (χ2v) is 3.10. The van der Waals surface area contributed by atoms with E-state index in [1.807, 2.05) is 0 Å². The first-order chi connectivity index (χ1) is 6.50. The van der Waals surface area contributed by atoms with Crippen molar-refractivity contribution in [3.05, 3.63) is 29.3 Å². The average molecular weight is 200 g/mol. The molecule has 1 rings (SSSR count). The molecule has 1 aromatic rings. The number of hydrogen-bond acceptors (Lipinski definition) is 2. The number of carbonyl (C=O) groups is 1. The Bertz CT molecular complexity index is 361. The lowest BCUT2D eigenvalue weighted by Crippen LogP contribution is -1.96. The van der Waals surface area contributed by atoms with Gasteiger partial charge in [-0.2, -0.15) is 0 Å². The second-order valence-electron chi connectivity index (χ2n) is 3.10. The number of benzene rings is 1. The average Bonchev–Trinajstić information content (AvgIpc) is 2.08. The summed E-state index contributed by atoms with van der Waals surface area (Å²) in [5.41, 5.74) is 0.123. The molecule has 0 unspecified atom stereocenters. The molecule has 0 bridgehead atoms. The van der Waals surface area contributed by atoms with Crippen LogP contribution in [0, 0.1) is 11.6 Å². The van der Waals surface area contributed by atoms with E-state index in [1.54, 1.807) is 0 Å². The van der Waals surface area contributed by atoms with Crippen molar-refractivity contribution >= 4 is 5.78 Å². The van der Waals surface area contributed by atoms with Gasteiger partial charge in [-0.25, -0.2) is 8.78 Å². The normalized spacial score (nSPS) is 10.2. The third-order valence-corrected chi connectivity index (χ3v) is 1.85. The molecule has 0 atom stereocenters. The molecular weight excluding hydrogens is 190 g/mol. The monoisotopic (exact) mass is 200 g/mol. The molecule has 0 amide bonds. The van der Waals surface area contributed by atoms with E-state index < -0.39 is 17.4 Å². The molecule has 2 nitrogen and oxygen atoms in total.